The van der Waals surface area contributed by atoms with Crippen LogP contribution in [0.2, 0.25) is 0 Å². The normalized spacial score (nSPS) is 10.8. The fourth-order valence-electron chi connectivity index (χ4n) is 1.54. The van der Waals surface area contributed by atoms with Gasteiger partial charge < -0.3 is 14.3 Å². The molecule has 0 aliphatic carbocycles. The number of hydrogen-bond acceptors (Lipinski definition) is 4. The number of aromatic carboxylic acids is 1. The molecule has 0 spiro atoms. The van der Waals surface area contributed by atoms with Crippen molar-refractivity contribution in [3.63, 3.8) is 0 Å². The Hall–Kier alpha value is -2.04. The second-order valence-electron chi connectivity index (χ2n) is 4.03. The Morgan fingerprint density at radius 2 is 2.21 bits per heavy atom. The first-order valence-corrected chi connectivity index (χ1v) is 6.27. The quantitative estimate of drug-likeness (QED) is 0.768. The SMILES string of the molecule is C/C=C/c1oc(C(=O)O)cc(=O)c1OCCCCC. The molecule has 104 valence electrons. The summed E-state index contributed by atoms with van der Waals surface area (Å²) in [7, 11) is 0. The molecule has 0 saturated carbocycles. The summed E-state index contributed by atoms with van der Waals surface area (Å²) in [6.45, 7) is 4.23. The molecule has 0 radical (unpaired) electrons. The Bertz CT molecular complexity index is 513. The number of carbonyl (C=O) groups is 1. The van der Waals surface area contributed by atoms with Gasteiger partial charge in [-0.25, -0.2) is 4.79 Å². The highest BCUT2D eigenvalue weighted by molar-refractivity contribution is 5.84. The van der Waals surface area contributed by atoms with E-state index < -0.39 is 11.4 Å². The summed E-state index contributed by atoms with van der Waals surface area (Å²) < 4.78 is 10.5. The molecule has 1 aromatic rings. The van der Waals surface area contributed by atoms with Gasteiger partial charge in [-0.3, -0.25) is 4.79 Å². The molecule has 1 rings (SSSR count). The number of ether oxygens (including phenoxy) is 1. The third-order valence-corrected chi connectivity index (χ3v) is 2.45. The fraction of sp³-hybridized carbons (Fsp3) is 0.429. The molecular weight excluding hydrogens is 248 g/mol. The van der Waals surface area contributed by atoms with Crippen LogP contribution in [0, 0.1) is 0 Å². The lowest BCUT2D eigenvalue weighted by Gasteiger charge is -2.08. The van der Waals surface area contributed by atoms with Gasteiger partial charge in [0.25, 0.3) is 0 Å². The number of carboxylic acids is 1. The molecule has 0 bridgehead atoms. The van der Waals surface area contributed by atoms with Crippen LogP contribution in [0.15, 0.2) is 21.4 Å². The van der Waals surface area contributed by atoms with Crippen molar-refractivity contribution < 1.29 is 19.1 Å². The molecule has 19 heavy (non-hydrogen) atoms. The van der Waals surface area contributed by atoms with Crippen LogP contribution in [0.5, 0.6) is 5.75 Å². The standard InChI is InChI=1S/C14H18O5/c1-3-5-6-8-18-13-10(15)9-12(14(16)17)19-11(13)7-4-2/h4,7,9H,3,5-6,8H2,1-2H3,(H,16,17)/b7-4+. The summed E-state index contributed by atoms with van der Waals surface area (Å²) in [6.07, 6.45) is 6.08. The smallest absolute Gasteiger partial charge is 0.371 e. The summed E-state index contributed by atoms with van der Waals surface area (Å²) in [5.41, 5.74) is -0.478. The lowest BCUT2D eigenvalue weighted by atomic mass is 10.2. The van der Waals surface area contributed by atoms with Crippen LogP contribution in [0.25, 0.3) is 6.08 Å². The average molecular weight is 266 g/mol. The van der Waals surface area contributed by atoms with Gasteiger partial charge in [-0.2, -0.15) is 0 Å². The van der Waals surface area contributed by atoms with Crippen molar-refractivity contribution in [2.24, 2.45) is 0 Å². The van der Waals surface area contributed by atoms with Crippen molar-refractivity contribution in [2.75, 3.05) is 6.61 Å². The molecule has 5 heteroatoms. The van der Waals surface area contributed by atoms with Gasteiger partial charge >= 0.3 is 5.97 Å². The maximum atomic E-state index is 11.8. The van der Waals surface area contributed by atoms with E-state index in [0.29, 0.717) is 6.61 Å². The van der Waals surface area contributed by atoms with E-state index >= 15 is 0 Å². The number of unbranched alkanes of at least 4 members (excludes halogenated alkanes) is 2. The van der Waals surface area contributed by atoms with Gasteiger partial charge in [0.05, 0.1) is 6.61 Å². The average Bonchev–Trinajstić information content (AvgIpc) is 2.36. The van der Waals surface area contributed by atoms with E-state index in [9.17, 15) is 9.59 Å². The van der Waals surface area contributed by atoms with Gasteiger partial charge in [-0.15, -0.1) is 0 Å². The molecule has 0 unspecified atom stereocenters. The second-order valence-corrected chi connectivity index (χ2v) is 4.03. The van der Waals surface area contributed by atoms with E-state index in [2.05, 4.69) is 6.92 Å². The Morgan fingerprint density at radius 1 is 1.47 bits per heavy atom. The van der Waals surface area contributed by atoms with Gasteiger partial charge in [0.15, 0.2) is 5.76 Å². The summed E-state index contributed by atoms with van der Waals surface area (Å²) in [5, 5.41) is 8.84. The van der Waals surface area contributed by atoms with E-state index in [0.717, 1.165) is 25.3 Å². The maximum Gasteiger partial charge on any atom is 0.371 e. The second kappa shape index (κ2) is 7.41. The zero-order chi connectivity index (χ0) is 14.3. The van der Waals surface area contributed by atoms with Crippen molar-refractivity contribution in [1.29, 1.82) is 0 Å². The molecule has 5 nitrogen and oxygen atoms in total. The van der Waals surface area contributed by atoms with E-state index in [4.69, 9.17) is 14.3 Å². The molecule has 0 amide bonds. The molecule has 0 atom stereocenters. The van der Waals surface area contributed by atoms with Crippen molar-refractivity contribution in [1.82, 2.24) is 0 Å². The van der Waals surface area contributed by atoms with Crippen LogP contribution in [-0.4, -0.2) is 17.7 Å². The Labute approximate surface area is 111 Å². The van der Waals surface area contributed by atoms with Crippen LogP contribution < -0.4 is 10.2 Å². The number of rotatable bonds is 7. The first kappa shape index (κ1) is 15.0. The minimum Gasteiger partial charge on any atom is -0.486 e. The molecule has 0 aromatic carbocycles. The van der Waals surface area contributed by atoms with Crippen molar-refractivity contribution >= 4 is 12.0 Å². The zero-order valence-corrected chi connectivity index (χ0v) is 11.1. The summed E-state index contributed by atoms with van der Waals surface area (Å²) in [5.74, 6) is -1.46. The minimum atomic E-state index is -1.28. The molecule has 0 aliphatic rings. The lowest BCUT2D eigenvalue weighted by Crippen LogP contribution is -2.13. The van der Waals surface area contributed by atoms with Crippen molar-refractivity contribution in [3.05, 3.63) is 33.9 Å². The van der Waals surface area contributed by atoms with Gasteiger partial charge in [-0.1, -0.05) is 25.8 Å². The Morgan fingerprint density at radius 3 is 2.79 bits per heavy atom. The predicted molar refractivity (Wildman–Crippen MR) is 71.7 cm³/mol. The zero-order valence-electron chi connectivity index (χ0n) is 11.1. The van der Waals surface area contributed by atoms with Crippen molar-refractivity contribution in [3.8, 4) is 5.75 Å². The molecule has 0 saturated heterocycles. The van der Waals surface area contributed by atoms with E-state index in [1.54, 1.807) is 13.0 Å². The van der Waals surface area contributed by atoms with Crippen LogP contribution in [0.1, 0.15) is 49.4 Å². The van der Waals surface area contributed by atoms with Gasteiger partial charge in [0.1, 0.15) is 0 Å². The number of hydrogen-bond donors (Lipinski definition) is 1. The summed E-state index contributed by atoms with van der Waals surface area (Å²) in [4.78, 5) is 22.6. The largest absolute Gasteiger partial charge is 0.486 e. The highest BCUT2D eigenvalue weighted by Crippen LogP contribution is 2.18. The van der Waals surface area contributed by atoms with Crippen LogP contribution in [-0.2, 0) is 0 Å². The molecule has 1 N–H and O–H groups in total. The van der Waals surface area contributed by atoms with Crippen LogP contribution >= 0.6 is 0 Å². The lowest BCUT2D eigenvalue weighted by molar-refractivity contribution is 0.0658. The predicted octanol–water partition coefficient (Wildman–Crippen LogP) is 2.94. The monoisotopic (exact) mass is 266 g/mol. The van der Waals surface area contributed by atoms with E-state index in [-0.39, 0.29) is 17.3 Å². The third kappa shape index (κ3) is 4.28. The van der Waals surface area contributed by atoms with Gasteiger partial charge in [-0.05, 0) is 19.4 Å². The van der Waals surface area contributed by atoms with Crippen LogP contribution in [0.4, 0.5) is 0 Å². The Kier molecular flexibility index (Phi) is 5.85. The Balaban J connectivity index is 3.01. The fourth-order valence-corrected chi connectivity index (χ4v) is 1.54. The summed E-state index contributed by atoms with van der Waals surface area (Å²) >= 11 is 0. The van der Waals surface area contributed by atoms with E-state index in [1.807, 2.05) is 0 Å². The van der Waals surface area contributed by atoms with Gasteiger partial charge in [0, 0.05) is 6.07 Å². The molecule has 1 heterocycles. The molecule has 0 fully saturated rings. The molecule has 1 aromatic heterocycles. The molecular formula is C14H18O5. The van der Waals surface area contributed by atoms with Crippen molar-refractivity contribution in [2.45, 2.75) is 33.1 Å². The highest BCUT2D eigenvalue weighted by atomic mass is 16.5. The number of carboxylic acid groups (broad SMARTS) is 1. The minimum absolute atomic E-state index is 0.0687. The van der Waals surface area contributed by atoms with Gasteiger partial charge in [0.2, 0.25) is 16.9 Å². The molecule has 0 aliphatic heterocycles. The first-order chi connectivity index (χ1) is 9.10. The van der Waals surface area contributed by atoms with Crippen LogP contribution in [0.3, 0.4) is 0 Å². The third-order valence-electron chi connectivity index (χ3n) is 2.45. The maximum absolute atomic E-state index is 11.8. The highest BCUT2D eigenvalue weighted by Gasteiger charge is 2.15. The van der Waals surface area contributed by atoms with E-state index in [1.165, 1.54) is 6.08 Å². The number of allylic oxidation sites excluding steroid dienone is 1. The first-order valence-electron chi connectivity index (χ1n) is 6.27. The topological polar surface area (TPSA) is 76.7 Å². The summed E-state index contributed by atoms with van der Waals surface area (Å²) in [6, 6.07) is 0.935.